The van der Waals surface area contributed by atoms with E-state index in [1.807, 2.05) is 30.3 Å². The number of carbonyl (C=O) groups is 1. The van der Waals surface area contributed by atoms with Crippen molar-refractivity contribution in [1.82, 2.24) is 5.32 Å². The Hall–Kier alpha value is -1.84. The Bertz CT molecular complexity index is 664. The van der Waals surface area contributed by atoms with Crippen LogP contribution in [-0.4, -0.2) is 25.7 Å². The quantitative estimate of drug-likeness (QED) is 0.898. The molecule has 0 saturated carbocycles. The van der Waals surface area contributed by atoms with E-state index in [4.69, 9.17) is 16.3 Å². The van der Waals surface area contributed by atoms with Gasteiger partial charge in [-0.25, -0.2) is 0 Å². The number of hydrogen-bond acceptors (Lipinski definition) is 2. The van der Waals surface area contributed by atoms with Gasteiger partial charge in [-0.1, -0.05) is 54.1 Å². The van der Waals surface area contributed by atoms with Crippen molar-refractivity contribution >= 4 is 17.5 Å². The second-order valence-electron chi connectivity index (χ2n) is 6.34. The number of hydrogen-bond donors (Lipinski definition) is 1. The van der Waals surface area contributed by atoms with Gasteiger partial charge >= 0.3 is 0 Å². The van der Waals surface area contributed by atoms with Gasteiger partial charge in [0.25, 0.3) is 0 Å². The maximum absolute atomic E-state index is 12.3. The van der Waals surface area contributed by atoms with Crippen LogP contribution in [0.25, 0.3) is 0 Å². The highest BCUT2D eigenvalue weighted by Crippen LogP contribution is 2.34. The molecule has 1 N–H and O–H groups in total. The zero-order valence-corrected chi connectivity index (χ0v) is 14.4. The second kappa shape index (κ2) is 7.82. The van der Waals surface area contributed by atoms with Gasteiger partial charge in [-0.15, -0.1) is 0 Å². The zero-order chi connectivity index (χ0) is 16.8. The van der Waals surface area contributed by atoms with E-state index >= 15 is 0 Å². The van der Waals surface area contributed by atoms with E-state index in [-0.39, 0.29) is 11.3 Å². The van der Waals surface area contributed by atoms with E-state index in [0.717, 1.165) is 31.6 Å². The smallest absolute Gasteiger partial charge is 0.224 e. The van der Waals surface area contributed by atoms with E-state index < -0.39 is 0 Å². The van der Waals surface area contributed by atoms with Gasteiger partial charge in [0, 0.05) is 30.2 Å². The third kappa shape index (κ3) is 4.16. The van der Waals surface area contributed by atoms with Gasteiger partial charge in [-0.05, 0) is 36.1 Å². The monoisotopic (exact) mass is 343 g/mol. The van der Waals surface area contributed by atoms with E-state index in [0.29, 0.717) is 18.0 Å². The van der Waals surface area contributed by atoms with Crippen LogP contribution in [0.4, 0.5) is 0 Å². The summed E-state index contributed by atoms with van der Waals surface area (Å²) in [6, 6.07) is 17.8. The number of carbonyl (C=O) groups excluding carboxylic acids is 1. The molecular formula is C20H22ClNO2. The average Bonchev–Trinajstić information content (AvgIpc) is 2.63. The molecule has 2 aromatic carbocycles. The van der Waals surface area contributed by atoms with Crippen molar-refractivity contribution in [3.05, 3.63) is 70.7 Å². The Morgan fingerprint density at radius 2 is 1.71 bits per heavy atom. The summed E-state index contributed by atoms with van der Waals surface area (Å²) in [6.07, 6.45) is 2.23. The zero-order valence-electron chi connectivity index (χ0n) is 13.6. The van der Waals surface area contributed by atoms with Crippen LogP contribution in [0.15, 0.2) is 54.6 Å². The molecule has 1 saturated heterocycles. The Balaban J connectivity index is 1.65. The molecular weight excluding hydrogens is 322 g/mol. The fourth-order valence-corrected chi connectivity index (χ4v) is 3.37. The van der Waals surface area contributed by atoms with Crippen molar-refractivity contribution in [3.8, 4) is 0 Å². The highest BCUT2D eigenvalue weighted by atomic mass is 35.5. The first-order valence-electron chi connectivity index (χ1n) is 8.32. The summed E-state index contributed by atoms with van der Waals surface area (Å²) in [6.45, 7) is 2.12. The van der Waals surface area contributed by atoms with Crippen molar-refractivity contribution in [1.29, 1.82) is 0 Å². The standard InChI is InChI=1S/C20H22ClNO2/c21-18-8-6-16(7-9-18)14-19(23)22-15-20(10-12-24-13-11-20)17-4-2-1-3-5-17/h1-9H,10-15H2,(H,22,23). The minimum Gasteiger partial charge on any atom is -0.381 e. The molecule has 0 bridgehead atoms. The van der Waals surface area contributed by atoms with E-state index in [1.165, 1.54) is 5.56 Å². The van der Waals surface area contributed by atoms with Crippen molar-refractivity contribution in [3.63, 3.8) is 0 Å². The molecule has 0 radical (unpaired) electrons. The molecule has 1 heterocycles. The number of ether oxygens (including phenoxy) is 1. The van der Waals surface area contributed by atoms with Gasteiger partial charge in [0.05, 0.1) is 6.42 Å². The fraction of sp³-hybridized carbons (Fsp3) is 0.350. The summed E-state index contributed by atoms with van der Waals surface area (Å²) in [5.74, 6) is 0.0409. The van der Waals surface area contributed by atoms with Gasteiger partial charge in [-0.2, -0.15) is 0 Å². The average molecular weight is 344 g/mol. The molecule has 1 amide bonds. The molecule has 3 nitrogen and oxygen atoms in total. The molecule has 126 valence electrons. The summed E-state index contributed by atoms with van der Waals surface area (Å²) < 4.78 is 5.53. The lowest BCUT2D eigenvalue weighted by molar-refractivity contribution is -0.120. The van der Waals surface area contributed by atoms with Gasteiger partial charge < -0.3 is 10.1 Å². The maximum atomic E-state index is 12.3. The highest BCUT2D eigenvalue weighted by molar-refractivity contribution is 6.30. The largest absolute Gasteiger partial charge is 0.381 e. The molecule has 0 atom stereocenters. The number of rotatable bonds is 5. The lowest BCUT2D eigenvalue weighted by Gasteiger charge is -2.38. The van der Waals surface area contributed by atoms with Crippen LogP contribution < -0.4 is 5.32 Å². The maximum Gasteiger partial charge on any atom is 0.224 e. The molecule has 2 aromatic rings. The molecule has 0 aromatic heterocycles. The summed E-state index contributed by atoms with van der Waals surface area (Å²) in [7, 11) is 0. The molecule has 0 spiro atoms. The van der Waals surface area contributed by atoms with E-state index in [1.54, 1.807) is 0 Å². The van der Waals surface area contributed by atoms with Crippen LogP contribution in [0, 0.1) is 0 Å². The molecule has 3 rings (SSSR count). The second-order valence-corrected chi connectivity index (χ2v) is 6.78. The lowest BCUT2D eigenvalue weighted by Crippen LogP contribution is -2.45. The van der Waals surface area contributed by atoms with Crippen LogP contribution in [0.1, 0.15) is 24.0 Å². The Kier molecular flexibility index (Phi) is 5.54. The SMILES string of the molecule is O=C(Cc1ccc(Cl)cc1)NCC1(c2ccccc2)CCOCC1. The van der Waals surface area contributed by atoms with Gasteiger partial charge in [-0.3, -0.25) is 4.79 Å². The van der Waals surface area contributed by atoms with Crippen LogP contribution in [-0.2, 0) is 21.4 Å². The van der Waals surface area contributed by atoms with Crippen molar-refractivity contribution in [2.75, 3.05) is 19.8 Å². The molecule has 0 aliphatic carbocycles. The van der Waals surface area contributed by atoms with Crippen molar-refractivity contribution in [2.24, 2.45) is 0 Å². The first-order valence-corrected chi connectivity index (χ1v) is 8.70. The number of halogens is 1. The van der Waals surface area contributed by atoms with Crippen LogP contribution in [0.3, 0.4) is 0 Å². The van der Waals surface area contributed by atoms with Gasteiger partial charge in [0.2, 0.25) is 5.91 Å². The Morgan fingerprint density at radius 3 is 2.38 bits per heavy atom. The molecule has 24 heavy (non-hydrogen) atoms. The summed E-state index contributed by atoms with van der Waals surface area (Å²) in [5, 5.41) is 3.81. The van der Waals surface area contributed by atoms with Gasteiger partial charge in [0.1, 0.15) is 0 Å². The fourth-order valence-electron chi connectivity index (χ4n) is 3.24. The molecule has 1 fully saturated rings. The molecule has 4 heteroatoms. The molecule has 0 unspecified atom stereocenters. The summed E-state index contributed by atoms with van der Waals surface area (Å²) in [5.41, 5.74) is 2.22. The van der Waals surface area contributed by atoms with E-state index in [2.05, 4.69) is 29.6 Å². The van der Waals surface area contributed by atoms with Crippen molar-refractivity contribution in [2.45, 2.75) is 24.7 Å². The predicted molar refractivity (Wildman–Crippen MR) is 96.3 cm³/mol. The van der Waals surface area contributed by atoms with Crippen LogP contribution in [0.5, 0.6) is 0 Å². The van der Waals surface area contributed by atoms with Gasteiger partial charge in [0.15, 0.2) is 0 Å². The Morgan fingerprint density at radius 1 is 1.04 bits per heavy atom. The topological polar surface area (TPSA) is 38.3 Å². The molecule has 1 aliphatic heterocycles. The third-order valence-corrected chi connectivity index (χ3v) is 4.99. The van der Waals surface area contributed by atoms with Crippen LogP contribution in [0.2, 0.25) is 5.02 Å². The van der Waals surface area contributed by atoms with Crippen molar-refractivity contribution < 1.29 is 9.53 Å². The number of benzene rings is 2. The lowest BCUT2D eigenvalue weighted by atomic mass is 9.74. The Labute approximate surface area is 148 Å². The minimum absolute atomic E-state index is 0.0326. The minimum atomic E-state index is -0.0326. The predicted octanol–water partition coefficient (Wildman–Crippen LogP) is 3.75. The first-order chi connectivity index (χ1) is 11.7. The third-order valence-electron chi connectivity index (χ3n) is 4.74. The highest BCUT2D eigenvalue weighted by Gasteiger charge is 2.34. The summed E-state index contributed by atoms with van der Waals surface area (Å²) in [4.78, 5) is 12.3. The van der Waals surface area contributed by atoms with E-state index in [9.17, 15) is 4.79 Å². The normalized spacial score (nSPS) is 16.5. The number of nitrogens with one attached hydrogen (secondary N) is 1. The number of amides is 1. The first kappa shape index (κ1) is 17.0. The summed E-state index contributed by atoms with van der Waals surface area (Å²) >= 11 is 5.88. The van der Waals surface area contributed by atoms with Crippen LogP contribution >= 0.6 is 11.6 Å². The molecule has 1 aliphatic rings.